The molecule has 1 heterocycles. The Balaban J connectivity index is 1.27. The summed E-state index contributed by atoms with van der Waals surface area (Å²) in [6.07, 6.45) is -3.62. The Morgan fingerprint density at radius 3 is 2.11 bits per heavy atom. The zero-order valence-electron chi connectivity index (χ0n) is 19.5. The number of rotatable bonds is 7. The molecule has 3 aromatic rings. The lowest BCUT2D eigenvalue weighted by Gasteiger charge is -2.37. The van der Waals surface area contributed by atoms with Gasteiger partial charge in [-0.25, -0.2) is 0 Å². The van der Waals surface area contributed by atoms with Gasteiger partial charge in [-0.3, -0.25) is 4.79 Å². The van der Waals surface area contributed by atoms with Gasteiger partial charge in [0.15, 0.2) is 0 Å². The van der Waals surface area contributed by atoms with E-state index < -0.39 is 11.7 Å². The molecule has 1 fully saturated rings. The van der Waals surface area contributed by atoms with E-state index in [-0.39, 0.29) is 5.91 Å². The summed E-state index contributed by atoms with van der Waals surface area (Å²) in [6, 6.07) is 20.7. The highest BCUT2D eigenvalue weighted by atomic mass is 19.4. The number of benzene rings is 3. The summed E-state index contributed by atoms with van der Waals surface area (Å²) >= 11 is 0. The molecule has 35 heavy (non-hydrogen) atoms. The smallest absolute Gasteiger partial charge is 0.416 e. The predicted molar refractivity (Wildman–Crippen MR) is 131 cm³/mol. The van der Waals surface area contributed by atoms with Crippen LogP contribution in [-0.4, -0.2) is 45.7 Å². The summed E-state index contributed by atoms with van der Waals surface area (Å²) in [5.41, 5.74) is 2.65. The molecule has 1 saturated heterocycles. The van der Waals surface area contributed by atoms with Crippen molar-refractivity contribution in [2.75, 3.05) is 49.6 Å². The van der Waals surface area contributed by atoms with Crippen LogP contribution in [0.2, 0.25) is 0 Å². The monoisotopic (exact) mass is 483 g/mol. The van der Waals surface area contributed by atoms with Gasteiger partial charge in [-0.15, -0.1) is 0 Å². The fourth-order valence-corrected chi connectivity index (χ4v) is 4.14. The number of hydrogen-bond acceptors (Lipinski definition) is 4. The summed E-state index contributed by atoms with van der Waals surface area (Å²) in [5, 5.41) is 2.94. The third-order valence-corrected chi connectivity index (χ3v) is 6.17. The summed E-state index contributed by atoms with van der Waals surface area (Å²) in [5.74, 6) is 0.675. The van der Waals surface area contributed by atoms with E-state index in [0.717, 1.165) is 29.5 Å². The molecule has 0 radical (unpaired) electrons. The number of hydrogen-bond donors (Lipinski definition) is 1. The van der Waals surface area contributed by atoms with E-state index in [1.165, 1.54) is 12.1 Å². The standard InChI is InChI=1S/C27H28F3N3O2/c1-35-25-11-5-20(6-12-25)13-14-31-26(34)21-7-9-23(10-8-21)32-15-17-33(18-16-32)24-4-2-3-22(19-24)27(28,29)30/h2-12,19H,13-18H2,1H3,(H,31,34). The minimum absolute atomic E-state index is 0.126. The second kappa shape index (κ2) is 10.7. The first kappa shape index (κ1) is 24.4. The number of piperazine rings is 1. The van der Waals surface area contributed by atoms with Crippen LogP contribution >= 0.6 is 0 Å². The van der Waals surface area contributed by atoms with Gasteiger partial charge in [0.1, 0.15) is 5.75 Å². The van der Waals surface area contributed by atoms with Crippen LogP contribution in [0.1, 0.15) is 21.5 Å². The van der Waals surface area contributed by atoms with E-state index in [0.29, 0.717) is 44.0 Å². The SMILES string of the molecule is COc1ccc(CCNC(=O)c2ccc(N3CCN(c4cccc(C(F)(F)F)c4)CC3)cc2)cc1. The molecule has 184 valence electrons. The third kappa shape index (κ3) is 6.26. The Bertz CT molecular complexity index is 1120. The normalized spacial score (nSPS) is 14.1. The van der Waals surface area contributed by atoms with Crippen molar-refractivity contribution < 1.29 is 22.7 Å². The maximum atomic E-state index is 13.0. The zero-order valence-corrected chi connectivity index (χ0v) is 19.5. The maximum Gasteiger partial charge on any atom is 0.416 e. The van der Waals surface area contributed by atoms with Crippen LogP contribution < -0.4 is 19.9 Å². The number of nitrogens with one attached hydrogen (secondary N) is 1. The lowest BCUT2D eigenvalue weighted by Crippen LogP contribution is -2.46. The van der Waals surface area contributed by atoms with Gasteiger partial charge < -0.3 is 19.9 Å². The molecule has 0 aromatic heterocycles. The number of anilines is 2. The first-order valence-electron chi connectivity index (χ1n) is 11.5. The van der Waals surface area contributed by atoms with Gasteiger partial charge in [0.25, 0.3) is 5.91 Å². The molecule has 5 nitrogen and oxygen atoms in total. The molecule has 0 bridgehead atoms. The first-order chi connectivity index (χ1) is 16.8. The minimum atomic E-state index is -4.35. The second-order valence-electron chi connectivity index (χ2n) is 8.42. The highest BCUT2D eigenvalue weighted by Crippen LogP contribution is 2.32. The molecule has 1 aliphatic heterocycles. The van der Waals surface area contributed by atoms with Gasteiger partial charge >= 0.3 is 6.18 Å². The Hall–Kier alpha value is -3.68. The fraction of sp³-hybridized carbons (Fsp3) is 0.296. The van der Waals surface area contributed by atoms with Crippen LogP contribution in [0, 0.1) is 0 Å². The molecule has 3 aromatic carbocycles. The molecule has 1 N–H and O–H groups in total. The Morgan fingerprint density at radius 2 is 1.51 bits per heavy atom. The van der Waals surface area contributed by atoms with Crippen molar-refractivity contribution in [3.63, 3.8) is 0 Å². The van der Waals surface area contributed by atoms with Crippen molar-refractivity contribution in [2.45, 2.75) is 12.6 Å². The van der Waals surface area contributed by atoms with Crippen molar-refractivity contribution in [1.29, 1.82) is 0 Å². The van der Waals surface area contributed by atoms with Crippen molar-refractivity contribution in [1.82, 2.24) is 5.32 Å². The molecule has 0 unspecified atom stereocenters. The number of methoxy groups -OCH3 is 1. The Morgan fingerprint density at radius 1 is 0.886 bits per heavy atom. The van der Waals surface area contributed by atoms with E-state index in [1.54, 1.807) is 25.3 Å². The Kier molecular flexibility index (Phi) is 7.48. The predicted octanol–water partition coefficient (Wildman–Crippen LogP) is 5.01. The van der Waals surface area contributed by atoms with Crippen LogP contribution in [0.5, 0.6) is 5.75 Å². The van der Waals surface area contributed by atoms with Crippen LogP contribution in [0.3, 0.4) is 0 Å². The molecule has 8 heteroatoms. The van der Waals surface area contributed by atoms with E-state index in [9.17, 15) is 18.0 Å². The molecule has 1 amide bonds. The van der Waals surface area contributed by atoms with Crippen LogP contribution in [0.15, 0.2) is 72.8 Å². The molecule has 4 rings (SSSR count). The topological polar surface area (TPSA) is 44.8 Å². The van der Waals surface area contributed by atoms with Crippen LogP contribution in [0.4, 0.5) is 24.5 Å². The van der Waals surface area contributed by atoms with E-state index in [2.05, 4.69) is 10.2 Å². The lowest BCUT2D eigenvalue weighted by atomic mass is 10.1. The largest absolute Gasteiger partial charge is 0.497 e. The van der Waals surface area contributed by atoms with Gasteiger partial charge in [0.2, 0.25) is 0 Å². The second-order valence-corrected chi connectivity index (χ2v) is 8.42. The summed E-state index contributed by atoms with van der Waals surface area (Å²) in [4.78, 5) is 16.6. The van der Waals surface area contributed by atoms with Gasteiger partial charge in [0.05, 0.1) is 12.7 Å². The van der Waals surface area contributed by atoms with Crippen LogP contribution in [0.25, 0.3) is 0 Å². The number of halogens is 3. The molecular formula is C27H28F3N3O2. The molecule has 0 spiro atoms. The number of nitrogens with zero attached hydrogens (tertiary/aromatic N) is 2. The fourth-order valence-electron chi connectivity index (χ4n) is 4.14. The molecule has 1 aliphatic rings. The van der Waals surface area contributed by atoms with Gasteiger partial charge in [-0.05, 0) is 66.6 Å². The van der Waals surface area contributed by atoms with Gasteiger partial charge in [-0.2, -0.15) is 13.2 Å². The van der Waals surface area contributed by atoms with E-state index in [4.69, 9.17) is 4.74 Å². The summed E-state index contributed by atoms with van der Waals surface area (Å²) in [6.45, 7) is 3.14. The van der Waals surface area contributed by atoms with Gasteiger partial charge in [-0.1, -0.05) is 18.2 Å². The molecular weight excluding hydrogens is 455 g/mol. The van der Waals surface area contributed by atoms with Gasteiger partial charge in [0, 0.05) is 49.7 Å². The van der Waals surface area contributed by atoms with E-state index >= 15 is 0 Å². The summed E-state index contributed by atoms with van der Waals surface area (Å²) < 4.78 is 44.2. The average Bonchev–Trinajstić information content (AvgIpc) is 2.89. The number of carbonyl (C=O) groups is 1. The summed E-state index contributed by atoms with van der Waals surface area (Å²) in [7, 11) is 1.63. The number of alkyl halides is 3. The highest BCUT2D eigenvalue weighted by Gasteiger charge is 2.31. The third-order valence-electron chi connectivity index (χ3n) is 6.17. The van der Waals surface area contributed by atoms with Crippen LogP contribution in [-0.2, 0) is 12.6 Å². The molecule has 0 aliphatic carbocycles. The number of ether oxygens (including phenoxy) is 1. The van der Waals surface area contributed by atoms with Crippen molar-refractivity contribution in [3.05, 3.63) is 89.5 Å². The number of amides is 1. The molecule has 0 saturated carbocycles. The number of carbonyl (C=O) groups excluding carboxylic acids is 1. The lowest BCUT2D eigenvalue weighted by molar-refractivity contribution is -0.137. The zero-order chi connectivity index (χ0) is 24.8. The van der Waals surface area contributed by atoms with Crippen molar-refractivity contribution in [2.24, 2.45) is 0 Å². The maximum absolute atomic E-state index is 13.0. The Labute approximate surface area is 203 Å². The van der Waals surface area contributed by atoms with Crippen molar-refractivity contribution in [3.8, 4) is 5.75 Å². The van der Waals surface area contributed by atoms with Crippen molar-refractivity contribution >= 4 is 17.3 Å². The molecule has 0 atom stereocenters. The quantitative estimate of drug-likeness (QED) is 0.513. The minimum Gasteiger partial charge on any atom is -0.497 e. The van der Waals surface area contributed by atoms with E-state index in [1.807, 2.05) is 41.3 Å². The highest BCUT2D eigenvalue weighted by molar-refractivity contribution is 5.94. The average molecular weight is 484 g/mol. The first-order valence-corrected chi connectivity index (χ1v) is 11.5.